The summed E-state index contributed by atoms with van der Waals surface area (Å²) in [7, 11) is 1.86. The van der Waals surface area contributed by atoms with Gasteiger partial charge in [0, 0.05) is 39.0 Å². The molecule has 2 aliphatic heterocycles. The van der Waals surface area contributed by atoms with Gasteiger partial charge in [-0.15, -0.1) is 0 Å². The van der Waals surface area contributed by atoms with Crippen LogP contribution in [0.2, 0.25) is 0 Å². The molecule has 0 aliphatic carbocycles. The highest BCUT2D eigenvalue weighted by atomic mass is 79.9. The molecule has 0 saturated carbocycles. The highest BCUT2D eigenvalue weighted by Gasteiger charge is 2.22. The van der Waals surface area contributed by atoms with Gasteiger partial charge in [0.25, 0.3) is 0 Å². The van der Waals surface area contributed by atoms with Crippen molar-refractivity contribution in [3.63, 3.8) is 0 Å². The maximum absolute atomic E-state index is 12.4. The average molecular weight is 408 g/mol. The summed E-state index contributed by atoms with van der Waals surface area (Å²) in [5.74, 6) is 0. The predicted molar refractivity (Wildman–Crippen MR) is 89.6 cm³/mol. The molecule has 0 unspecified atom stereocenters. The normalized spacial score (nSPS) is 12.0. The van der Waals surface area contributed by atoms with Gasteiger partial charge in [-0.1, -0.05) is 15.9 Å². The first-order valence-corrected chi connectivity index (χ1v) is 7.83. The molecule has 0 N–H and O–H groups in total. The van der Waals surface area contributed by atoms with Crippen LogP contribution in [-0.4, -0.2) is 8.97 Å². The van der Waals surface area contributed by atoms with Crippen molar-refractivity contribution in [1.82, 2.24) is 8.97 Å². The Bertz CT molecular complexity index is 1110. The minimum atomic E-state index is -0.517. The first-order valence-electron chi connectivity index (χ1n) is 6.24. The van der Waals surface area contributed by atoms with Crippen LogP contribution in [0, 0.1) is 0 Å². The number of aromatic nitrogens is 2. The van der Waals surface area contributed by atoms with Gasteiger partial charge < -0.3 is 4.57 Å². The molecular formula is C15H8Br2N2O2. The van der Waals surface area contributed by atoms with Crippen LogP contribution >= 0.6 is 31.9 Å². The molecule has 0 amide bonds. The summed E-state index contributed by atoms with van der Waals surface area (Å²) in [6, 6.07) is 7.21. The Morgan fingerprint density at radius 1 is 1.05 bits per heavy atom. The van der Waals surface area contributed by atoms with Crippen molar-refractivity contribution in [2.75, 3.05) is 0 Å². The number of rotatable bonds is 0. The second-order valence-corrected chi connectivity index (χ2v) is 6.78. The zero-order valence-corrected chi connectivity index (χ0v) is 14.0. The minimum absolute atomic E-state index is 0.502. The number of nitrogens with zero attached hydrogens (tertiary/aromatic N) is 2. The summed E-state index contributed by atoms with van der Waals surface area (Å²) in [6.45, 7) is 0. The molecule has 3 heterocycles. The number of pyridine rings is 2. The summed E-state index contributed by atoms with van der Waals surface area (Å²) < 4.78 is 5.06. The second-order valence-electron chi connectivity index (χ2n) is 5.01. The predicted octanol–water partition coefficient (Wildman–Crippen LogP) is 3.22. The lowest BCUT2D eigenvalue weighted by Crippen LogP contribution is -2.31. The smallest absolute Gasteiger partial charge is 0.303 e. The molecule has 0 bridgehead atoms. The van der Waals surface area contributed by atoms with Crippen LogP contribution in [0.4, 0.5) is 0 Å². The molecule has 0 spiro atoms. The van der Waals surface area contributed by atoms with Crippen molar-refractivity contribution >= 4 is 48.1 Å². The fourth-order valence-electron chi connectivity index (χ4n) is 2.88. The number of fused-ring (bicyclic) bond motifs is 3. The van der Waals surface area contributed by atoms with Crippen molar-refractivity contribution < 1.29 is 0 Å². The van der Waals surface area contributed by atoms with Crippen molar-refractivity contribution in [1.29, 1.82) is 0 Å². The summed E-state index contributed by atoms with van der Waals surface area (Å²) in [6.07, 6.45) is 1.90. The molecule has 2 aliphatic rings. The maximum atomic E-state index is 12.4. The Kier molecular flexibility index (Phi) is 2.59. The first kappa shape index (κ1) is 13.0. The number of halogens is 2. The molecule has 0 saturated heterocycles. The van der Waals surface area contributed by atoms with E-state index in [9.17, 15) is 9.59 Å². The van der Waals surface area contributed by atoms with Gasteiger partial charge in [0.1, 0.15) is 0 Å². The van der Waals surface area contributed by atoms with Crippen molar-refractivity contribution in [2.24, 2.45) is 7.05 Å². The van der Waals surface area contributed by atoms with Crippen molar-refractivity contribution in [3.8, 4) is 11.4 Å². The van der Waals surface area contributed by atoms with Crippen LogP contribution in [0.1, 0.15) is 0 Å². The van der Waals surface area contributed by atoms with Crippen LogP contribution in [0.15, 0.2) is 49.0 Å². The Morgan fingerprint density at radius 3 is 2.57 bits per heavy atom. The van der Waals surface area contributed by atoms with E-state index >= 15 is 0 Å². The van der Waals surface area contributed by atoms with E-state index in [2.05, 4.69) is 31.9 Å². The fraction of sp³-hybridized carbons (Fsp3) is 0.0667. The third kappa shape index (κ3) is 1.60. The molecule has 6 heteroatoms. The molecule has 21 heavy (non-hydrogen) atoms. The van der Waals surface area contributed by atoms with Gasteiger partial charge in [0.15, 0.2) is 0 Å². The van der Waals surface area contributed by atoms with E-state index in [1.54, 1.807) is 0 Å². The second kappa shape index (κ2) is 4.18. The largest absolute Gasteiger partial charge is 0.349 e. The average Bonchev–Trinajstić information content (AvgIpc) is 2.75. The van der Waals surface area contributed by atoms with Crippen LogP contribution < -0.4 is 11.0 Å². The first-order chi connectivity index (χ1) is 9.99. The standard InChI is InChI=1S/C15H8Br2N2O2/c1-18-3-2-8-9-4-7(16)5-10(17)13(9)19-14(8)11(18)6-12(20)15(19)21/h2-6H,1H3. The number of hydrogen-bond acceptors (Lipinski definition) is 2. The number of benzene rings is 1. The molecule has 1 aromatic carbocycles. The maximum Gasteiger partial charge on any atom is 0.303 e. The fourth-order valence-corrected chi connectivity index (χ4v) is 4.29. The Labute approximate surface area is 135 Å². The Hall–Kier alpha value is -1.66. The lowest BCUT2D eigenvalue weighted by molar-refractivity contribution is 0.896. The number of aryl methyl sites for hydroxylation is 1. The van der Waals surface area contributed by atoms with Gasteiger partial charge in [0.2, 0.25) is 5.43 Å². The summed E-state index contributed by atoms with van der Waals surface area (Å²) >= 11 is 6.97. The van der Waals surface area contributed by atoms with Crippen LogP contribution in [0.5, 0.6) is 0 Å². The van der Waals surface area contributed by atoms with Crippen molar-refractivity contribution in [3.05, 3.63) is 60.0 Å². The molecular weight excluding hydrogens is 400 g/mol. The lowest BCUT2D eigenvalue weighted by Gasteiger charge is -2.11. The monoisotopic (exact) mass is 406 g/mol. The Morgan fingerprint density at radius 2 is 1.81 bits per heavy atom. The van der Waals surface area contributed by atoms with Gasteiger partial charge >= 0.3 is 5.56 Å². The molecule has 4 nitrogen and oxygen atoms in total. The molecule has 0 atom stereocenters. The SMILES string of the molecule is Cn1ccc2c3n(c(=O)c(=O)cc1-3)c1c(Br)cc(Br)cc21. The molecule has 0 fully saturated rings. The highest BCUT2D eigenvalue weighted by molar-refractivity contribution is 9.11. The van der Waals surface area contributed by atoms with E-state index in [0.717, 1.165) is 36.6 Å². The van der Waals surface area contributed by atoms with Gasteiger partial charge in [-0.05, 0) is 34.1 Å². The molecule has 2 aromatic rings. The summed E-state index contributed by atoms with van der Waals surface area (Å²) in [5, 5.41) is 1.89. The van der Waals surface area contributed by atoms with Crippen LogP contribution in [0.25, 0.3) is 27.7 Å². The van der Waals surface area contributed by atoms with E-state index in [-0.39, 0.29) is 0 Å². The quantitative estimate of drug-likeness (QED) is 0.420. The Balaban J connectivity index is 2.50. The van der Waals surface area contributed by atoms with E-state index in [1.165, 1.54) is 10.5 Å². The van der Waals surface area contributed by atoms with E-state index in [1.807, 2.05) is 36.0 Å². The van der Waals surface area contributed by atoms with E-state index < -0.39 is 11.0 Å². The lowest BCUT2D eigenvalue weighted by atomic mass is 10.1. The van der Waals surface area contributed by atoms with Gasteiger partial charge in [-0.25, -0.2) is 0 Å². The molecule has 4 rings (SSSR count). The topological polar surface area (TPSA) is 43.5 Å². The summed E-state index contributed by atoms with van der Waals surface area (Å²) in [5.41, 5.74) is 1.23. The van der Waals surface area contributed by atoms with Crippen LogP contribution in [-0.2, 0) is 7.05 Å². The van der Waals surface area contributed by atoms with Crippen molar-refractivity contribution in [2.45, 2.75) is 0 Å². The van der Waals surface area contributed by atoms with E-state index in [0.29, 0.717) is 0 Å². The zero-order valence-electron chi connectivity index (χ0n) is 10.9. The third-order valence-corrected chi connectivity index (χ3v) is 4.85. The molecule has 1 aromatic heterocycles. The van der Waals surface area contributed by atoms with Gasteiger partial charge in [0.05, 0.1) is 16.9 Å². The van der Waals surface area contributed by atoms with Gasteiger partial charge in [-0.3, -0.25) is 14.0 Å². The number of hydrogen-bond donors (Lipinski definition) is 0. The third-order valence-electron chi connectivity index (χ3n) is 3.79. The minimum Gasteiger partial charge on any atom is -0.349 e. The van der Waals surface area contributed by atoms with Crippen LogP contribution in [0.3, 0.4) is 0 Å². The van der Waals surface area contributed by atoms with E-state index in [4.69, 9.17) is 0 Å². The van der Waals surface area contributed by atoms with Gasteiger partial charge in [-0.2, -0.15) is 0 Å². The molecule has 0 radical (unpaired) electrons. The highest BCUT2D eigenvalue weighted by Crippen LogP contribution is 2.38. The zero-order chi connectivity index (χ0) is 14.9. The summed E-state index contributed by atoms with van der Waals surface area (Å²) in [4.78, 5) is 24.4. The molecule has 104 valence electrons.